The summed E-state index contributed by atoms with van der Waals surface area (Å²) in [6, 6.07) is 14.9. The lowest BCUT2D eigenvalue weighted by Gasteiger charge is -2.18. The summed E-state index contributed by atoms with van der Waals surface area (Å²) in [5, 5.41) is 13.7. The first kappa shape index (κ1) is 21.4. The Morgan fingerprint density at radius 2 is 1.82 bits per heavy atom. The van der Waals surface area contributed by atoms with Crippen molar-refractivity contribution < 1.29 is 18.0 Å². The molecular weight excluding hydrogens is 402 g/mol. The van der Waals surface area contributed by atoms with E-state index in [1.165, 1.54) is 6.07 Å². The molecule has 28 heavy (non-hydrogen) atoms. The van der Waals surface area contributed by atoms with Crippen LogP contribution in [0.1, 0.15) is 15.9 Å². The van der Waals surface area contributed by atoms with E-state index in [0.717, 1.165) is 0 Å². The van der Waals surface area contributed by atoms with Crippen LogP contribution in [-0.2, 0) is 20.4 Å². The number of rotatable bonds is 8. The number of halogens is 1. The number of hydrogen-bond acceptors (Lipinski definition) is 5. The van der Waals surface area contributed by atoms with E-state index in [1.54, 1.807) is 54.6 Å². The van der Waals surface area contributed by atoms with Crippen molar-refractivity contribution in [1.29, 1.82) is 5.26 Å². The minimum atomic E-state index is -3.77. The normalized spacial score (nSPS) is 11.9. The van der Waals surface area contributed by atoms with Crippen molar-refractivity contribution in [3.05, 3.63) is 70.7 Å². The summed E-state index contributed by atoms with van der Waals surface area (Å²) in [6.45, 7) is -0.301. The van der Waals surface area contributed by atoms with Gasteiger partial charge in [-0.05, 0) is 29.8 Å². The van der Waals surface area contributed by atoms with E-state index < -0.39 is 33.4 Å². The molecule has 0 bridgehead atoms. The van der Waals surface area contributed by atoms with Crippen molar-refractivity contribution in [2.45, 2.75) is 11.8 Å². The second kappa shape index (κ2) is 9.88. The third kappa shape index (κ3) is 6.68. The van der Waals surface area contributed by atoms with Gasteiger partial charge >= 0.3 is 0 Å². The maximum Gasteiger partial charge on any atom is 0.251 e. The van der Waals surface area contributed by atoms with Crippen molar-refractivity contribution in [1.82, 2.24) is 10.6 Å². The monoisotopic (exact) mass is 419 g/mol. The number of benzene rings is 2. The van der Waals surface area contributed by atoms with Crippen molar-refractivity contribution in [2.75, 3.05) is 12.3 Å². The second-order valence-electron chi connectivity index (χ2n) is 5.95. The van der Waals surface area contributed by atoms with Gasteiger partial charge in [0, 0.05) is 10.6 Å². The summed E-state index contributed by atoms with van der Waals surface area (Å²) >= 11 is 5.88. The second-order valence-corrected chi connectivity index (χ2v) is 8.50. The average Bonchev–Trinajstić information content (AvgIpc) is 2.65. The smallest absolute Gasteiger partial charge is 0.251 e. The Kier molecular flexibility index (Phi) is 7.55. The Labute approximate surface area is 168 Å². The fourth-order valence-electron chi connectivity index (χ4n) is 2.46. The number of nitrogens with zero attached hydrogens (tertiary/aromatic N) is 1. The van der Waals surface area contributed by atoms with Crippen LogP contribution in [0.4, 0.5) is 0 Å². The van der Waals surface area contributed by atoms with Crippen LogP contribution in [0.3, 0.4) is 0 Å². The number of carbonyl (C=O) groups is 2. The van der Waals surface area contributed by atoms with Gasteiger partial charge in [-0.25, -0.2) is 8.42 Å². The van der Waals surface area contributed by atoms with Gasteiger partial charge in [0.15, 0.2) is 9.84 Å². The van der Waals surface area contributed by atoms with Crippen molar-refractivity contribution >= 4 is 33.3 Å². The van der Waals surface area contributed by atoms with Gasteiger partial charge in [0.05, 0.1) is 17.6 Å². The molecule has 0 saturated heterocycles. The zero-order valence-corrected chi connectivity index (χ0v) is 16.3. The molecule has 2 rings (SSSR count). The fourth-order valence-corrected chi connectivity index (χ4v) is 4.22. The van der Waals surface area contributed by atoms with Crippen LogP contribution in [-0.4, -0.2) is 38.6 Å². The topological polar surface area (TPSA) is 116 Å². The van der Waals surface area contributed by atoms with Gasteiger partial charge in [-0.15, -0.1) is 0 Å². The highest BCUT2D eigenvalue weighted by molar-refractivity contribution is 7.90. The van der Waals surface area contributed by atoms with Crippen molar-refractivity contribution in [3.8, 4) is 6.07 Å². The lowest BCUT2D eigenvalue weighted by Crippen LogP contribution is -2.50. The first-order valence-electron chi connectivity index (χ1n) is 8.26. The van der Waals surface area contributed by atoms with E-state index in [2.05, 4.69) is 10.6 Å². The lowest BCUT2D eigenvalue weighted by atomic mass is 10.2. The van der Waals surface area contributed by atoms with E-state index in [0.29, 0.717) is 10.6 Å². The zero-order chi connectivity index (χ0) is 20.6. The Hall–Kier alpha value is -2.89. The Morgan fingerprint density at radius 3 is 2.46 bits per heavy atom. The van der Waals surface area contributed by atoms with E-state index >= 15 is 0 Å². The highest BCUT2D eigenvalue weighted by Gasteiger charge is 2.27. The largest absolute Gasteiger partial charge is 0.341 e. The number of amides is 2. The molecule has 2 aromatic carbocycles. The van der Waals surface area contributed by atoms with Gasteiger partial charge in [0.25, 0.3) is 5.91 Å². The van der Waals surface area contributed by atoms with E-state index in [-0.39, 0.29) is 17.9 Å². The number of sulfone groups is 1. The van der Waals surface area contributed by atoms with Crippen LogP contribution in [0.25, 0.3) is 0 Å². The predicted molar refractivity (Wildman–Crippen MR) is 105 cm³/mol. The summed E-state index contributed by atoms with van der Waals surface area (Å²) < 4.78 is 25.2. The molecule has 0 heterocycles. The molecule has 0 saturated carbocycles. The molecule has 1 atom stereocenters. The SMILES string of the molecule is N#CCNC(=O)C(CS(=O)(=O)Cc1cccc(Cl)c1)NC(=O)c1ccccc1. The first-order chi connectivity index (χ1) is 13.3. The quantitative estimate of drug-likeness (QED) is 0.631. The maximum absolute atomic E-state index is 12.6. The van der Waals surface area contributed by atoms with Crippen molar-refractivity contribution in [2.24, 2.45) is 0 Å². The summed E-state index contributed by atoms with van der Waals surface area (Å²) in [5.74, 6) is -2.29. The molecule has 2 N–H and O–H groups in total. The predicted octanol–water partition coefficient (Wildman–Crippen LogP) is 1.69. The molecule has 2 amide bonds. The van der Waals surface area contributed by atoms with Crippen LogP contribution in [0.5, 0.6) is 0 Å². The Morgan fingerprint density at radius 1 is 1.11 bits per heavy atom. The maximum atomic E-state index is 12.6. The number of nitriles is 1. The van der Waals surface area contributed by atoms with Crippen LogP contribution >= 0.6 is 11.6 Å². The van der Waals surface area contributed by atoms with Gasteiger partial charge in [-0.3, -0.25) is 9.59 Å². The van der Waals surface area contributed by atoms with Gasteiger partial charge < -0.3 is 10.6 Å². The fraction of sp³-hybridized carbons (Fsp3) is 0.211. The first-order valence-corrected chi connectivity index (χ1v) is 10.5. The van der Waals surface area contributed by atoms with Crippen molar-refractivity contribution in [3.63, 3.8) is 0 Å². The van der Waals surface area contributed by atoms with Gasteiger partial charge in [-0.1, -0.05) is 41.9 Å². The standard InChI is InChI=1S/C19H18ClN3O4S/c20-16-8-4-5-14(11-16)12-28(26,27)13-17(19(25)22-10-9-21)23-18(24)15-6-2-1-3-7-15/h1-8,11,17H,10,12-13H2,(H,22,25)(H,23,24). The number of hydrogen-bond donors (Lipinski definition) is 2. The zero-order valence-electron chi connectivity index (χ0n) is 14.8. The molecule has 1 unspecified atom stereocenters. The molecular formula is C19H18ClN3O4S. The lowest BCUT2D eigenvalue weighted by molar-refractivity contribution is -0.122. The minimum absolute atomic E-state index is 0.285. The third-order valence-corrected chi connectivity index (χ3v) is 5.55. The molecule has 0 aliphatic heterocycles. The third-order valence-electron chi connectivity index (χ3n) is 3.70. The molecule has 0 spiro atoms. The molecule has 0 aliphatic carbocycles. The van der Waals surface area contributed by atoms with Crippen LogP contribution in [0.15, 0.2) is 54.6 Å². The molecule has 7 nitrogen and oxygen atoms in total. The molecule has 0 fully saturated rings. The molecule has 0 aliphatic rings. The van der Waals surface area contributed by atoms with E-state index in [4.69, 9.17) is 16.9 Å². The summed E-state index contributed by atoms with van der Waals surface area (Å²) in [7, 11) is -3.77. The summed E-state index contributed by atoms with van der Waals surface area (Å²) in [4.78, 5) is 24.6. The van der Waals surface area contributed by atoms with Gasteiger partial charge in [0.1, 0.15) is 12.6 Å². The highest BCUT2D eigenvalue weighted by atomic mass is 35.5. The minimum Gasteiger partial charge on any atom is -0.341 e. The van der Waals surface area contributed by atoms with Crippen LogP contribution < -0.4 is 10.6 Å². The number of carbonyl (C=O) groups excluding carboxylic acids is 2. The van der Waals surface area contributed by atoms with E-state index in [9.17, 15) is 18.0 Å². The van der Waals surface area contributed by atoms with Gasteiger partial charge in [-0.2, -0.15) is 5.26 Å². The Balaban J connectivity index is 2.17. The van der Waals surface area contributed by atoms with Crippen LogP contribution in [0.2, 0.25) is 5.02 Å². The summed E-state index contributed by atoms with van der Waals surface area (Å²) in [5.41, 5.74) is 0.755. The Bertz CT molecular complexity index is 988. The van der Waals surface area contributed by atoms with E-state index in [1.807, 2.05) is 0 Å². The summed E-state index contributed by atoms with van der Waals surface area (Å²) in [6.07, 6.45) is 0. The molecule has 0 radical (unpaired) electrons. The highest BCUT2D eigenvalue weighted by Crippen LogP contribution is 2.14. The molecule has 2 aromatic rings. The van der Waals surface area contributed by atoms with Crippen LogP contribution in [0, 0.1) is 11.3 Å². The van der Waals surface area contributed by atoms with Gasteiger partial charge in [0.2, 0.25) is 5.91 Å². The molecule has 0 aromatic heterocycles. The molecule has 146 valence electrons. The average molecular weight is 420 g/mol. The molecule has 9 heteroatoms. The number of nitrogens with one attached hydrogen (secondary N) is 2.